The van der Waals surface area contributed by atoms with E-state index < -0.39 is 10.8 Å². The lowest BCUT2D eigenvalue weighted by Crippen LogP contribution is -2.37. The normalized spacial score (nSPS) is 16.5. The molecule has 6 heteroatoms. The van der Waals surface area contributed by atoms with Crippen LogP contribution < -0.4 is 4.90 Å². The van der Waals surface area contributed by atoms with Crippen molar-refractivity contribution in [2.45, 2.75) is 17.6 Å². The molecule has 1 aromatic carbocycles. The third-order valence-electron chi connectivity index (χ3n) is 3.50. The molecule has 116 valence electrons. The van der Waals surface area contributed by atoms with Crippen molar-refractivity contribution < 1.29 is 8.95 Å². The minimum Gasteiger partial charge on any atom is -0.378 e. The summed E-state index contributed by atoms with van der Waals surface area (Å²) in [6.45, 7) is 4.97. The summed E-state index contributed by atoms with van der Waals surface area (Å²) in [5.41, 5.74) is 0.816. The first-order valence-electron chi connectivity index (χ1n) is 7.33. The minimum absolute atomic E-state index is 0.407. The second-order valence-corrected chi connectivity index (χ2v) is 6.62. The number of nitrogens with zero attached hydrogens (tertiary/aromatic N) is 3. The van der Waals surface area contributed by atoms with Crippen LogP contribution in [-0.2, 0) is 21.3 Å². The molecule has 1 aliphatic heterocycles. The van der Waals surface area contributed by atoms with Gasteiger partial charge in [0.15, 0.2) is 0 Å². The Labute approximate surface area is 132 Å². The van der Waals surface area contributed by atoms with E-state index in [0.717, 1.165) is 29.5 Å². The zero-order valence-electron chi connectivity index (χ0n) is 12.6. The van der Waals surface area contributed by atoms with Crippen LogP contribution in [0.3, 0.4) is 0 Å². The summed E-state index contributed by atoms with van der Waals surface area (Å²) >= 11 is 0. The standard InChI is InChI=1S/C16H19N3O2S/c1-13-17-14(12-22(20)15-5-3-2-4-6-15)11-16(18-13)19-7-9-21-10-8-19/h2-6,11H,7-10,12H2,1H3/t22-/m1/s1. The second-order valence-electron chi connectivity index (χ2n) is 5.17. The molecule has 0 amide bonds. The van der Waals surface area contributed by atoms with Gasteiger partial charge in [-0.1, -0.05) is 18.2 Å². The van der Waals surface area contributed by atoms with E-state index in [2.05, 4.69) is 14.9 Å². The number of anilines is 1. The number of ether oxygens (including phenoxy) is 1. The van der Waals surface area contributed by atoms with Gasteiger partial charge in [0.1, 0.15) is 11.6 Å². The van der Waals surface area contributed by atoms with Crippen molar-refractivity contribution in [3.05, 3.63) is 47.9 Å². The van der Waals surface area contributed by atoms with Crippen molar-refractivity contribution >= 4 is 16.6 Å². The maximum Gasteiger partial charge on any atom is 0.132 e. The molecule has 0 saturated carbocycles. The highest BCUT2D eigenvalue weighted by atomic mass is 32.2. The van der Waals surface area contributed by atoms with Crippen molar-refractivity contribution in [1.29, 1.82) is 0 Å². The molecule has 2 aromatic rings. The van der Waals surface area contributed by atoms with Gasteiger partial charge in [0.2, 0.25) is 0 Å². The Hall–Kier alpha value is -1.79. The van der Waals surface area contributed by atoms with Crippen LogP contribution in [0.15, 0.2) is 41.3 Å². The van der Waals surface area contributed by atoms with E-state index in [4.69, 9.17) is 4.74 Å². The molecule has 0 spiro atoms. The van der Waals surface area contributed by atoms with Crippen LogP contribution in [-0.4, -0.2) is 40.5 Å². The molecule has 0 unspecified atom stereocenters. The van der Waals surface area contributed by atoms with Gasteiger partial charge in [-0.15, -0.1) is 0 Å². The Kier molecular flexibility index (Phi) is 4.80. The Morgan fingerprint density at radius 3 is 2.64 bits per heavy atom. The van der Waals surface area contributed by atoms with E-state index in [1.165, 1.54) is 0 Å². The van der Waals surface area contributed by atoms with Crippen LogP contribution in [0, 0.1) is 6.92 Å². The summed E-state index contributed by atoms with van der Waals surface area (Å²) in [4.78, 5) is 11.9. The zero-order valence-corrected chi connectivity index (χ0v) is 13.4. The lowest BCUT2D eigenvalue weighted by Gasteiger charge is -2.28. The number of morpholine rings is 1. The summed E-state index contributed by atoms with van der Waals surface area (Å²) in [6, 6.07) is 11.4. The molecule has 3 rings (SSSR count). The van der Waals surface area contributed by atoms with Crippen molar-refractivity contribution in [3.8, 4) is 0 Å². The van der Waals surface area contributed by atoms with Crippen molar-refractivity contribution in [2.24, 2.45) is 0 Å². The molecule has 1 fully saturated rings. The summed E-state index contributed by atoms with van der Waals surface area (Å²) in [6.07, 6.45) is 0. The summed E-state index contributed by atoms with van der Waals surface area (Å²) in [7, 11) is -1.09. The Bertz CT molecular complexity index is 658. The summed E-state index contributed by atoms with van der Waals surface area (Å²) in [5, 5.41) is 0. The van der Waals surface area contributed by atoms with Crippen molar-refractivity contribution in [1.82, 2.24) is 9.97 Å². The number of hydrogen-bond donors (Lipinski definition) is 0. The van der Waals surface area contributed by atoms with Crippen LogP contribution in [0.4, 0.5) is 5.82 Å². The Morgan fingerprint density at radius 2 is 1.91 bits per heavy atom. The molecule has 1 atom stereocenters. The first-order chi connectivity index (χ1) is 10.7. The summed E-state index contributed by atoms with van der Waals surface area (Å²) in [5.74, 6) is 2.02. The maximum absolute atomic E-state index is 12.4. The molecule has 0 N–H and O–H groups in total. The van der Waals surface area contributed by atoms with Crippen LogP contribution in [0.25, 0.3) is 0 Å². The van der Waals surface area contributed by atoms with E-state index >= 15 is 0 Å². The summed E-state index contributed by atoms with van der Waals surface area (Å²) < 4.78 is 17.8. The van der Waals surface area contributed by atoms with Crippen LogP contribution in [0.2, 0.25) is 0 Å². The van der Waals surface area contributed by atoms with E-state index in [1.807, 2.05) is 43.3 Å². The number of aromatic nitrogens is 2. The average Bonchev–Trinajstić information content (AvgIpc) is 2.56. The van der Waals surface area contributed by atoms with Gasteiger partial charge in [-0.25, -0.2) is 9.97 Å². The molecule has 0 aliphatic carbocycles. The molecule has 1 saturated heterocycles. The highest BCUT2D eigenvalue weighted by Crippen LogP contribution is 2.17. The Balaban J connectivity index is 1.79. The SMILES string of the molecule is Cc1nc(C[S@@](=O)c2ccccc2)cc(N2CCOCC2)n1. The molecule has 2 heterocycles. The van der Waals surface area contributed by atoms with Crippen LogP contribution >= 0.6 is 0 Å². The van der Waals surface area contributed by atoms with E-state index in [-0.39, 0.29) is 0 Å². The molecule has 5 nitrogen and oxygen atoms in total. The largest absolute Gasteiger partial charge is 0.378 e. The molecule has 22 heavy (non-hydrogen) atoms. The smallest absolute Gasteiger partial charge is 0.132 e. The number of aryl methyl sites for hydroxylation is 1. The Morgan fingerprint density at radius 1 is 1.18 bits per heavy atom. The second kappa shape index (κ2) is 6.98. The lowest BCUT2D eigenvalue weighted by atomic mass is 10.3. The number of benzene rings is 1. The fourth-order valence-corrected chi connectivity index (χ4v) is 3.47. The van der Waals surface area contributed by atoms with Gasteiger partial charge < -0.3 is 9.64 Å². The third kappa shape index (κ3) is 3.69. The van der Waals surface area contributed by atoms with E-state index in [0.29, 0.717) is 24.8 Å². The first kappa shape index (κ1) is 15.1. The van der Waals surface area contributed by atoms with Gasteiger partial charge in [0.05, 0.1) is 35.5 Å². The number of hydrogen-bond acceptors (Lipinski definition) is 5. The van der Waals surface area contributed by atoms with Crippen LogP contribution in [0.1, 0.15) is 11.5 Å². The molecule has 1 aromatic heterocycles. The van der Waals surface area contributed by atoms with Gasteiger partial charge in [-0.2, -0.15) is 0 Å². The quantitative estimate of drug-likeness (QED) is 0.862. The van der Waals surface area contributed by atoms with Gasteiger partial charge in [0.25, 0.3) is 0 Å². The average molecular weight is 317 g/mol. The predicted octanol–water partition coefficient (Wildman–Crippen LogP) is 1.93. The molecule has 0 bridgehead atoms. The molecule has 1 aliphatic rings. The maximum atomic E-state index is 12.4. The zero-order chi connectivity index (χ0) is 15.4. The number of rotatable bonds is 4. The molecular formula is C16H19N3O2S. The van der Waals surface area contributed by atoms with Crippen molar-refractivity contribution in [2.75, 3.05) is 31.2 Å². The first-order valence-corrected chi connectivity index (χ1v) is 8.65. The van der Waals surface area contributed by atoms with Crippen LogP contribution in [0.5, 0.6) is 0 Å². The van der Waals surface area contributed by atoms with Gasteiger partial charge in [0, 0.05) is 24.1 Å². The molecule has 0 radical (unpaired) electrons. The predicted molar refractivity (Wildman–Crippen MR) is 86.4 cm³/mol. The third-order valence-corrected chi connectivity index (χ3v) is 4.85. The highest BCUT2D eigenvalue weighted by molar-refractivity contribution is 7.84. The lowest BCUT2D eigenvalue weighted by molar-refractivity contribution is 0.122. The minimum atomic E-state index is -1.09. The van der Waals surface area contributed by atoms with E-state index in [9.17, 15) is 4.21 Å². The van der Waals surface area contributed by atoms with Gasteiger partial charge in [-0.3, -0.25) is 4.21 Å². The fraction of sp³-hybridized carbons (Fsp3) is 0.375. The molecular weight excluding hydrogens is 298 g/mol. The highest BCUT2D eigenvalue weighted by Gasteiger charge is 2.15. The monoisotopic (exact) mass is 317 g/mol. The van der Waals surface area contributed by atoms with Gasteiger partial charge >= 0.3 is 0 Å². The van der Waals surface area contributed by atoms with Gasteiger partial charge in [-0.05, 0) is 19.1 Å². The van der Waals surface area contributed by atoms with Crippen molar-refractivity contribution in [3.63, 3.8) is 0 Å². The fourth-order valence-electron chi connectivity index (χ4n) is 2.43. The van der Waals surface area contributed by atoms with E-state index in [1.54, 1.807) is 0 Å². The topological polar surface area (TPSA) is 55.3 Å².